The normalized spacial score (nSPS) is 10.5. The lowest BCUT2D eigenvalue weighted by Crippen LogP contribution is -2.12. The van der Waals surface area contributed by atoms with Crippen molar-refractivity contribution in [2.24, 2.45) is 0 Å². The van der Waals surface area contributed by atoms with Crippen LogP contribution in [0.3, 0.4) is 0 Å². The number of amides is 2. The van der Waals surface area contributed by atoms with E-state index in [1.54, 1.807) is 42.6 Å². The molecule has 0 radical (unpaired) electrons. The molecule has 29 heavy (non-hydrogen) atoms. The van der Waals surface area contributed by atoms with Gasteiger partial charge in [0.1, 0.15) is 5.82 Å². The Kier molecular flexibility index (Phi) is 6.24. The van der Waals surface area contributed by atoms with E-state index in [1.165, 1.54) is 12.5 Å². The van der Waals surface area contributed by atoms with Crippen molar-refractivity contribution >= 4 is 34.7 Å². The molecule has 6 heteroatoms. The number of pyridine rings is 1. The predicted octanol–water partition coefficient (Wildman–Crippen LogP) is 5.16. The lowest BCUT2D eigenvalue weighted by Gasteiger charge is -2.14. The minimum atomic E-state index is -0.236. The number of hydrogen-bond acceptors (Lipinski definition) is 4. The molecule has 3 N–H and O–H groups in total. The van der Waals surface area contributed by atoms with Crippen LogP contribution in [-0.2, 0) is 4.79 Å². The molecule has 0 unspecified atom stereocenters. The first-order chi connectivity index (χ1) is 13.9. The first-order valence-corrected chi connectivity index (χ1v) is 9.43. The van der Waals surface area contributed by atoms with Crippen molar-refractivity contribution in [1.82, 2.24) is 4.98 Å². The molecule has 1 aromatic heterocycles. The predicted molar refractivity (Wildman–Crippen MR) is 117 cm³/mol. The minimum absolute atomic E-state index is 0.141. The Balaban J connectivity index is 1.72. The van der Waals surface area contributed by atoms with Crippen molar-refractivity contribution < 1.29 is 9.59 Å². The van der Waals surface area contributed by atoms with Crippen LogP contribution in [0.15, 0.2) is 66.9 Å². The minimum Gasteiger partial charge on any atom is -0.340 e. The van der Waals surface area contributed by atoms with Crippen molar-refractivity contribution in [2.45, 2.75) is 26.7 Å². The Hall–Kier alpha value is -3.67. The van der Waals surface area contributed by atoms with Crippen LogP contribution in [0.4, 0.5) is 22.9 Å². The van der Waals surface area contributed by atoms with Gasteiger partial charge in [-0.05, 0) is 53.9 Å². The molecule has 0 spiro atoms. The number of benzene rings is 2. The molecule has 0 aliphatic rings. The van der Waals surface area contributed by atoms with Gasteiger partial charge in [-0.25, -0.2) is 4.98 Å². The number of para-hydroxylation sites is 1. The average Bonchev–Trinajstić information content (AvgIpc) is 2.69. The third-order valence-corrected chi connectivity index (χ3v) is 4.33. The summed E-state index contributed by atoms with van der Waals surface area (Å²) in [5, 5.41) is 8.85. The smallest absolute Gasteiger partial charge is 0.255 e. The maximum Gasteiger partial charge on any atom is 0.255 e. The Bertz CT molecular complexity index is 1010. The highest BCUT2D eigenvalue weighted by molar-refractivity contribution is 6.04. The zero-order valence-electron chi connectivity index (χ0n) is 16.7. The van der Waals surface area contributed by atoms with E-state index in [4.69, 9.17) is 0 Å². The molecule has 6 nitrogen and oxygen atoms in total. The Morgan fingerprint density at radius 3 is 2.21 bits per heavy atom. The Labute approximate surface area is 170 Å². The number of anilines is 4. The second-order valence-corrected chi connectivity index (χ2v) is 7.01. The summed E-state index contributed by atoms with van der Waals surface area (Å²) < 4.78 is 0. The summed E-state index contributed by atoms with van der Waals surface area (Å²) in [5.41, 5.74) is 3.97. The van der Waals surface area contributed by atoms with E-state index in [1.807, 2.05) is 18.2 Å². The zero-order chi connectivity index (χ0) is 20.8. The Morgan fingerprint density at radius 1 is 0.897 bits per heavy atom. The average molecular weight is 388 g/mol. The van der Waals surface area contributed by atoms with Gasteiger partial charge in [0, 0.05) is 35.7 Å². The SMILES string of the molecule is CC(=O)Nc1ccc(NC(=O)c2ccnc(Nc3ccccc3C(C)C)c2)cc1. The fraction of sp³-hybridized carbons (Fsp3) is 0.174. The Morgan fingerprint density at radius 2 is 1.55 bits per heavy atom. The lowest BCUT2D eigenvalue weighted by molar-refractivity contribution is -0.114. The number of aromatic nitrogens is 1. The summed E-state index contributed by atoms with van der Waals surface area (Å²) in [6, 6.07) is 18.4. The van der Waals surface area contributed by atoms with Crippen LogP contribution in [0, 0.1) is 0 Å². The van der Waals surface area contributed by atoms with Gasteiger partial charge in [0.15, 0.2) is 0 Å². The number of carbonyl (C=O) groups excluding carboxylic acids is 2. The quantitative estimate of drug-likeness (QED) is 0.545. The van der Waals surface area contributed by atoms with Crippen LogP contribution in [0.5, 0.6) is 0 Å². The molecule has 148 valence electrons. The molecule has 0 saturated carbocycles. The largest absolute Gasteiger partial charge is 0.340 e. The van der Waals surface area contributed by atoms with Gasteiger partial charge in [-0.1, -0.05) is 32.0 Å². The van der Waals surface area contributed by atoms with Crippen molar-refractivity contribution in [1.29, 1.82) is 0 Å². The third-order valence-electron chi connectivity index (χ3n) is 4.33. The molecule has 0 aliphatic heterocycles. The maximum atomic E-state index is 12.6. The maximum absolute atomic E-state index is 12.6. The van der Waals surface area contributed by atoms with Crippen molar-refractivity contribution in [2.75, 3.05) is 16.0 Å². The van der Waals surface area contributed by atoms with E-state index < -0.39 is 0 Å². The van der Waals surface area contributed by atoms with Crippen LogP contribution < -0.4 is 16.0 Å². The fourth-order valence-corrected chi connectivity index (χ4v) is 2.94. The molecular weight excluding hydrogens is 364 g/mol. The number of rotatable bonds is 6. The molecule has 2 amide bonds. The topological polar surface area (TPSA) is 83.1 Å². The van der Waals surface area contributed by atoms with E-state index in [2.05, 4.69) is 40.8 Å². The fourth-order valence-electron chi connectivity index (χ4n) is 2.94. The van der Waals surface area contributed by atoms with Crippen LogP contribution in [0.25, 0.3) is 0 Å². The molecule has 2 aromatic carbocycles. The monoisotopic (exact) mass is 388 g/mol. The van der Waals surface area contributed by atoms with Gasteiger partial charge in [-0.15, -0.1) is 0 Å². The highest BCUT2D eigenvalue weighted by atomic mass is 16.2. The summed E-state index contributed by atoms with van der Waals surface area (Å²) in [6.07, 6.45) is 1.61. The van der Waals surface area contributed by atoms with Gasteiger partial charge < -0.3 is 16.0 Å². The van der Waals surface area contributed by atoms with Crippen LogP contribution in [0.1, 0.15) is 42.6 Å². The number of carbonyl (C=O) groups is 2. The molecular formula is C23H24N4O2. The van der Waals surface area contributed by atoms with Gasteiger partial charge in [-0.2, -0.15) is 0 Å². The van der Waals surface area contributed by atoms with E-state index >= 15 is 0 Å². The van der Waals surface area contributed by atoms with Gasteiger partial charge in [0.25, 0.3) is 5.91 Å². The summed E-state index contributed by atoms with van der Waals surface area (Å²) in [6.45, 7) is 5.72. The summed E-state index contributed by atoms with van der Waals surface area (Å²) in [7, 11) is 0. The molecule has 0 bridgehead atoms. The van der Waals surface area contributed by atoms with Crippen LogP contribution in [-0.4, -0.2) is 16.8 Å². The van der Waals surface area contributed by atoms with Gasteiger partial charge in [0.2, 0.25) is 5.91 Å². The zero-order valence-corrected chi connectivity index (χ0v) is 16.7. The van der Waals surface area contributed by atoms with Crippen molar-refractivity contribution in [3.8, 4) is 0 Å². The standard InChI is InChI=1S/C23H24N4O2/c1-15(2)20-6-4-5-7-21(20)27-22-14-17(12-13-24-22)23(29)26-19-10-8-18(9-11-19)25-16(3)28/h4-15H,1-3H3,(H,24,27)(H,25,28)(H,26,29). The second-order valence-electron chi connectivity index (χ2n) is 7.01. The summed E-state index contributed by atoms with van der Waals surface area (Å²) >= 11 is 0. The van der Waals surface area contributed by atoms with Gasteiger partial charge >= 0.3 is 0 Å². The van der Waals surface area contributed by atoms with E-state index in [0.717, 1.165) is 5.69 Å². The van der Waals surface area contributed by atoms with E-state index in [9.17, 15) is 9.59 Å². The first kappa shape index (κ1) is 20.1. The molecule has 0 aliphatic carbocycles. The highest BCUT2D eigenvalue weighted by Crippen LogP contribution is 2.26. The summed E-state index contributed by atoms with van der Waals surface area (Å²) in [4.78, 5) is 28.0. The third kappa shape index (κ3) is 5.42. The number of nitrogens with zero attached hydrogens (tertiary/aromatic N) is 1. The second kappa shape index (κ2) is 9.01. The highest BCUT2D eigenvalue weighted by Gasteiger charge is 2.10. The molecule has 3 rings (SSSR count). The van der Waals surface area contributed by atoms with E-state index in [-0.39, 0.29) is 11.8 Å². The molecule has 0 atom stereocenters. The van der Waals surface area contributed by atoms with Crippen molar-refractivity contribution in [3.63, 3.8) is 0 Å². The molecule has 0 saturated heterocycles. The van der Waals surface area contributed by atoms with Crippen LogP contribution >= 0.6 is 0 Å². The number of nitrogens with one attached hydrogen (secondary N) is 3. The molecule has 3 aromatic rings. The van der Waals surface area contributed by atoms with Crippen LogP contribution in [0.2, 0.25) is 0 Å². The van der Waals surface area contributed by atoms with E-state index in [0.29, 0.717) is 28.7 Å². The van der Waals surface area contributed by atoms with Crippen molar-refractivity contribution in [3.05, 3.63) is 78.0 Å². The van der Waals surface area contributed by atoms with Gasteiger partial charge in [0.05, 0.1) is 0 Å². The first-order valence-electron chi connectivity index (χ1n) is 9.43. The number of hydrogen-bond donors (Lipinski definition) is 3. The lowest BCUT2D eigenvalue weighted by atomic mass is 10.0. The molecule has 1 heterocycles. The summed E-state index contributed by atoms with van der Waals surface area (Å²) in [5.74, 6) is 0.593. The van der Waals surface area contributed by atoms with Gasteiger partial charge in [-0.3, -0.25) is 9.59 Å². The molecule has 0 fully saturated rings.